The molecule has 16 heavy (non-hydrogen) atoms. The lowest BCUT2D eigenvalue weighted by atomic mass is 10.1. The van der Waals surface area contributed by atoms with E-state index in [1.807, 2.05) is 19.1 Å². The van der Waals surface area contributed by atoms with Gasteiger partial charge in [0.15, 0.2) is 0 Å². The van der Waals surface area contributed by atoms with Gasteiger partial charge in [-0.1, -0.05) is 18.2 Å². The van der Waals surface area contributed by atoms with Crippen LogP contribution in [0.3, 0.4) is 0 Å². The van der Waals surface area contributed by atoms with Gasteiger partial charge in [-0.3, -0.25) is 0 Å². The molecule has 1 aliphatic heterocycles. The van der Waals surface area contributed by atoms with Crippen LogP contribution in [0.5, 0.6) is 0 Å². The molecule has 0 saturated carbocycles. The second-order valence-electron chi connectivity index (χ2n) is 3.38. The summed E-state index contributed by atoms with van der Waals surface area (Å²) in [6.07, 6.45) is 1.73. The van der Waals surface area contributed by atoms with Gasteiger partial charge in [0.2, 0.25) is 0 Å². The summed E-state index contributed by atoms with van der Waals surface area (Å²) >= 11 is 0. The van der Waals surface area contributed by atoms with E-state index in [0.717, 1.165) is 5.56 Å². The fraction of sp³-hybridized carbons (Fsp3) is 0.167. The highest BCUT2D eigenvalue weighted by molar-refractivity contribution is 5.91. The minimum Gasteiger partial charge on any atom is -0.418 e. The molecule has 0 radical (unpaired) electrons. The number of carbonyl (C=O) groups is 2. The molecule has 0 amide bonds. The molecule has 1 aromatic rings. The first-order valence-corrected chi connectivity index (χ1v) is 4.82. The maximum Gasteiger partial charge on any atom is 0.341 e. The SMILES string of the molecule is Cc1ccccc1C(=O)OC1C=CC(=O)O1. The first kappa shape index (κ1) is 10.4. The van der Waals surface area contributed by atoms with Crippen LogP contribution in [0.4, 0.5) is 0 Å². The summed E-state index contributed by atoms with van der Waals surface area (Å²) in [4.78, 5) is 22.4. The zero-order valence-electron chi connectivity index (χ0n) is 8.67. The van der Waals surface area contributed by atoms with Crippen LogP contribution in [0, 0.1) is 6.92 Å². The third-order valence-electron chi connectivity index (χ3n) is 2.21. The Balaban J connectivity index is 2.07. The summed E-state index contributed by atoms with van der Waals surface area (Å²) in [5.41, 5.74) is 1.29. The Kier molecular flexibility index (Phi) is 2.72. The van der Waals surface area contributed by atoms with Gasteiger partial charge in [-0.15, -0.1) is 0 Å². The molecule has 1 heterocycles. The molecule has 0 saturated heterocycles. The van der Waals surface area contributed by atoms with Crippen LogP contribution >= 0.6 is 0 Å². The molecule has 1 atom stereocenters. The average Bonchev–Trinajstić information content (AvgIpc) is 2.64. The highest BCUT2D eigenvalue weighted by Crippen LogP contribution is 2.13. The van der Waals surface area contributed by atoms with Crippen molar-refractivity contribution in [1.29, 1.82) is 0 Å². The number of carbonyl (C=O) groups excluding carboxylic acids is 2. The molecule has 0 spiro atoms. The summed E-state index contributed by atoms with van der Waals surface area (Å²) in [5.74, 6) is -0.995. The highest BCUT2D eigenvalue weighted by atomic mass is 16.7. The van der Waals surface area contributed by atoms with Gasteiger partial charge in [0.1, 0.15) is 0 Å². The summed E-state index contributed by atoms with van der Waals surface area (Å²) in [5, 5.41) is 0. The van der Waals surface area contributed by atoms with Crippen LogP contribution in [0.2, 0.25) is 0 Å². The van der Waals surface area contributed by atoms with Gasteiger partial charge in [0, 0.05) is 12.2 Å². The third kappa shape index (κ3) is 2.11. The van der Waals surface area contributed by atoms with Crippen molar-refractivity contribution in [1.82, 2.24) is 0 Å². The third-order valence-corrected chi connectivity index (χ3v) is 2.21. The number of benzene rings is 1. The Labute approximate surface area is 92.5 Å². The Bertz CT molecular complexity index is 462. The second-order valence-corrected chi connectivity index (χ2v) is 3.38. The second kappa shape index (κ2) is 4.18. The van der Waals surface area contributed by atoms with Crippen molar-refractivity contribution in [2.75, 3.05) is 0 Å². The summed E-state index contributed by atoms with van der Waals surface area (Å²) < 4.78 is 9.68. The minimum absolute atomic E-state index is 0.471. The van der Waals surface area contributed by atoms with Gasteiger partial charge < -0.3 is 9.47 Å². The standard InChI is InChI=1S/C12H10O4/c1-8-4-2-3-5-9(8)12(14)16-11-7-6-10(13)15-11/h2-7,11H,1H3. The molecule has 4 heteroatoms. The Morgan fingerprint density at radius 3 is 2.75 bits per heavy atom. The number of hydrogen-bond acceptors (Lipinski definition) is 4. The first-order valence-electron chi connectivity index (χ1n) is 4.82. The highest BCUT2D eigenvalue weighted by Gasteiger charge is 2.21. The van der Waals surface area contributed by atoms with Gasteiger partial charge in [-0.2, -0.15) is 0 Å². The number of rotatable bonds is 2. The number of ether oxygens (including phenoxy) is 2. The maximum atomic E-state index is 11.7. The van der Waals surface area contributed by atoms with Gasteiger partial charge in [-0.25, -0.2) is 9.59 Å². The maximum absolute atomic E-state index is 11.7. The number of hydrogen-bond donors (Lipinski definition) is 0. The Morgan fingerprint density at radius 2 is 2.12 bits per heavy atom. The fourth-order valence-corrected chi connectivity index (χ4v) is 1.38. The van der Waals surface area contributed by atoms with E-state index >= 15 is 0 Å². The summed E-state index contributed by atoms with van der Waals surface area (Å²) in [6, 6.07) is 7.06. The largest absolute Gasteiger partial charge is 0.418 e. The summed E-state index contributed by atoms with van der Waals surface area (Å²) in [6.45, 7) is 1.81. The molecule has 1 unspecified atom stereocenters. The quantitative estimate of drug-likeness (QED) is 0.707. The van der Waals surface area contributed by atoms with E-state index in [4.69, 9.17) is 9.47 Å². The smallest absolute Gasteiger partial charge is 0.341 e. The van der Waals surface area contributed by atoms with Crippen molar-refractivity contribution in [3.63, 3.8) is 0 Å². The molecule has 4 nitrogen and oxygen atoms in total. The van der Waals surface area contributed by atoms with Crippen LogP contribution in [-0.4, -0.2) is 18.2 Å². The molecule has 0 fully saturated rings. The van der Waals surface area contributed by atoms with E-state index in [0.29, 0.717) is 5.56 Å². The zero-order chi connectivity index (χ0) is 11.5. The van der Waals surface area contributed by atoms with Crippen LogP contribution in [0.1, 0.15) is 15.9 Å². The van der Waals surface area contributed by atoms with Crippen LogP contribution in [-0.2, 0) is 14.3 Å². The minimum atomic E-state index is -0.903. The molecule has 1 aromatic carbocycles. The van der Waals surface area contributed by atoms with E-state index in [1.54, 1.807) is 12.1 Å². The van der Waals surface area contributed by atoms with E-state index in [-0.39, 0.29) is 0 Å². The molecular formula is C12H10O4. The number of aryl methyl sites for hydroxylation is 1. The zero-order valence-corrected chi connectivity index (χ0v) is 8.67. The topological polar surface area (TPSA) is 52.6 Å². The lowest BCUT2D eigenvalue weighted by Crippen LogP contribution is -2.18. The van der Waals surface area contributed by atoms with Gasteiger partial charge in [0.25, 0.3) is 6.29 Å². The number of cyclic esters (lactones) is 1. The van der Waals surface area contributed by atoms with E-state index in [9.17, 15) is 9.59 Å². The molecule has 0 aliphatic carbocycles. The Hall–Kier alpha value is -2.10. The molecule has 82 valence electrons. The molecule has 1 aliphatic rings. The van der Waals surface area contributed by atoms with E-state index < -0.39 is 18.2 Å². The fourth-order valence-electron chi connectivity index (χ4n) is 1.38. The predicted molar refractivity (Wildman–Crippen MR) is 55.6 cm³/mol. The van der Waals surface area contributed by atoms with Crippen molar-refractivity contribution >= 4 is 11.9 Å². The number of esters is 2. The molecule has 0 bridgehead atoms. The van der Waals surface area contributed by atoms with Crippen molar-refractivity contribution in [3.05, 3.63) is 47.5 Å². The molecule has 0 aromatic heterocycles. The molecular weight excluding hydrogens is 208 g/mol. The van der Waals surface area contributed by atoms with Gasteiger partial charge in [0.05, 0.1) is 5.56 Å². The lowest BCUT2D eigenvalue weighted by Gasteiger charge is -2.10. The lowest BCUT2D eigenvalue weighted by molar-refractivity contribution is -0.151. The van der Waals surface area contributed by atoms with Crippen LogP contribution in [0.25, 0.3) is 0 Å². The summed E-state index contributed by atoms with van der Waals surface area (Å²) in [7, 11) is 0. The normalized spacial score (nSPS) is 18.3. The predicted octanol–water partition coefficient (Wildman–Crippen LogP) is 1.59. The van der Waals surface area contributed by atoms with Crippen molar-refractivity contribution < 1.29 is 19.1 Å². The van der Waals surface area contributed by atoms with Crippen LogP contribution < -0.4 is 0 Å². The average molecular weight is 218 g/mol. The Morgan fingerprint density at radius 1 is 1.38 bits per heavy atom. The van der Waals surface area contributed by atoms with Gasteiger partial charge in [-0.05, 0) is 18.6 Å². The van der Waals surface area contributed by atoms with Crippen molar-refractivity contribution in [2.24, 2.45) is 0 Å². The van der Waals surface area contributed by atoms with E-state index in [2.05, 4.69) is 0 Å². The monoisotopic (exact) mass is 218 g/mol. The van der Waals surface area contributed by atoms with E-state index in [1.165, 1.54) is 12.2 Å². The van der Waals surface area contributed by atoms with Crippen LogP contribution in [0.15, 0.2) is 36.4 Å². The van der Waals surface area contributed by atoms with Gasteiger partial charge >= 0.3 is 11.9 Å². The molecule has 0 N–H and O–H groups in total. The van der Waals surface area contributed by atoms with Crippen molar-refractivity contribution in [2.45, 2.75) is 13.2 Å². The first-order chi connectivity index (χ1) is 7.66. The van der Waals surface area contributed by atoms with Crippen molar-refractivity contribution in [3.8, 4) is 0 Å². The molecule has 2 rings (SSSR count).